The zero-order valence-corrected chi connectivity index (χ0v) is 13.1. The lowest BCUT2D eigenvalue weighted by molar-refractivity contribution is 0.238. The highest BCUT2D eigenvalue weighted by Gasteiger charge is 2.18. The maximum absolute atomic E-state index is 3.62. The first-order chi connectivity index (χ1) is 9.13. The standard InChI is InChI=1S/C15H20BrN3/c1-18-6-5-17-13(10-18)7-11-9-19(2)15-8-12(16)3-4-14(11)15/h3-4,8-9,13,17H,5-7,10H2,1-2H3. The number of piperazine rings is 1. The minimum Gasteiger partial charge on any atom is -0.350 e. The molecular weight excluding hydrogens is 302 g/mol. The average molecular weight is 322 g/mol. The van der Waals surface area contributed by atoms with Crippen molar-refractivity contribution in [3.05, 3.63) is 34.4 Å². The molecule has 3 rings (SSSR count). The number of halogens is 1. The predicted octanol–water partition coefficient (Wildman–Crippen LogP) is 2.39. The lowest BCUT2D eigenvalue weighted by Gasteiger charge is -2.30. The number of fused-ring (bicyclic) bond motifs is 1. The number of likely N-dealkylation sites (N-methyl/N-ethyl adjacent to an activating group) is 1. The number of nitrogens with one attached hydrogen (secondary N) is 1. The van der Waals surface area contributed by atoms with Gasteiger partial charge in [0.25, 0.3) is 0 Å². The van der Waals surface area contributed by atoms with Crippen LogP contribution in [0.5, 0.6) is 0 Å². The molecule has 4 heteroatoms. The van der Waals surface area contributed by atoms with E-state index in [9.17, 15) is 0 Å². The molecule has 1 fully saturated rings. The molecule has 2 heterocycles. The van der Waals surface area contributed by atoms with E-state index in [1.807, 2.05) is 0 Å². The molecule has 1 aliphatic rings. The second-order valence-electron chi connectivity index (χ2n) is 5.54. The Bertz CT molecular complexity index is 590. The molecule has 3 nitrogen and oxygen atoms in total. The minimum absolute atomic E-state index is 0.563. The molecule has 1 unspecified atom stereocenters. The van der Waals surface area contributed by atoms with E-state index in [4.69, 9.17) is 0 Å². The Morgan fingerprint density at radius 3 is 3.00 bits per heavy atom. The van der Waals surface area contributed by atoms with Crippen LogP contribution in [0.2, 0.25) is 0 Å². The van der Waals surface area contributed by atoms with Gasteiger partial charge in [0.05, 0.1) is 0 Å². The van der Waals surface area contributed by atoms with Crippen molar-refractivity contribution in [2.45, 2.75) is 12.5 Å². The number of rotatable bonds is 2. The summed E-state index contributed by atoms with van der Waals surface area (Å²) in [4.78, 5) is 2.41. The fraction of sp³-hybridized carbons (Fsp3) is 0.467. The van der Waals surface area contributed by atoms with Crippen LogP contribution in [0.3, 0.4) is 0 Å². The highest BCUT2D eigenvalue weighted by Crippen LogP contribution is 2.25. The molecule has 0 saturated carbocycles. The molecule has 0 aliphatic carbocycles. The summed E-state index contributed by atoms with van der Waals surface area (Å²) in [6, 6.07) is 7.11. The van der Waals surface area contributed by atoms with Crippen molar-refractivity contribution < 1.29 is 0 Å². The Morgan fingerprint density at radius 2 is 2.21 bits per heavy atom. The number of aryl methyl sites for hydroxylation is 1. The number of benzene rings is 1. The average Bonchev–Trinajstić information content (AvgIpc) is 2.66. The molecule has 2 aromatic rings. The number of aromatic nitrogens is 1. The van der Waals surface area contributed by atoms with Gasteiger partial charge in [-0.1, -0.05) is 22.0 Å². The Balaban J connectivity index is 1.88. The third-order valence-electron chi connectivity index (χ3n) is 3.96. The van der Waals surface area contributed by atoms with Crippen LogP contribution in [0.4, 0.5) is 0 Å². The first-order valence-electron chi connectivity index (χ1n) is 6.79. The lowest BCUT2D eigenvalue weighted by atomic mass is 10.0. The molecule has 1 atom stereocenters. The van der Waals surface area contributed by atoms with Gasteiger partial charge in [0, 0.05) is 54.3 Å². The molecule has 1 aromatic carbocycles. The first-order valence-corrected chi connectivity index (χ1v) is 7.58. The molecule has 1 aliphatic heterocycles. The summed E-state index contributed by atoms with van der Waals surface area (Å²) < 4.78 is 3.37. The van der Waals surface area contributed by atoms with Crippen molar-refractivity contribution in [1.29, 1.82) is 0 Å². The van der Waals surface area contributed by atoms with Crippen LogP contribution in [0, 0.1) is 0 Å². The number of nitrogens with zero attached hydrogens (tertiary/aromatic N) is 2. The van der Waals surface area contributed by atoms with Gasteiger partial charge in [-0.3, -0.25) is 0 Å². The molecule has 1 aromatic heterocycles. The SMILES string of the molecule is CN1CCNC(Cc2cn(C)c3cc(Br)ccc23)C1. The highest BCUT2D eigenvalue weighted by atomic mass is 79.9. The number of hydrogen-bond donors (Lipinski definition) is 1. The summed E-state index contributed by atoms with van der Waals surface area (Å²) in [7, 11) is 4.33. The van der Waals surface area contributed by atoms with E-state index < -0.39 is 0 Å². The third kappa shape index (κ3) is 2.71. The van der Waals surface area contributed by atoms with Gasteiger partial charge in [-0.05, 0) is 31.2 Å². The van der Waals surface area contributed by atoms with Crippen LogP contribution in [0.15, 0.2) is 28.9 Å². The topological polar surface area (TPSA) is 20.2 Å². The lowest BCUT2D eigenvalue weighted by Crippen LogP contribution is -2.49. The van der Waals surface area contributed by atoms with Crippen molar-refractivity contribution in [3.8, 4) is 0 Å². The van der Waals surface area contributed by atoms with Crippen molar-refractivity contribution >= 4 is 26.8 Å². The highest BCUT2D eigenvalue weighted by molar-refractivity contribution is 9.10. The van der Waals surface area contributed by atoms with Gasteiger partial charge in [-0.15, -0.1) is 0 Å². The molecule has 0 spiro atoms. The Labute approximate surface area is 122 Å². The van der Waals surface area contributed by atoms with E-state index >= 15 is 0 Å². The van der Waals surface area contributed by atoms with Gasteiger partial charge in [0.1, 0.15) is 0 Å². The molecule has 0 radical (unpaired) electrons. The normalized spacial score (nSPS) is 21.1. The molecule has 1 N–H and O–H groups in total. The smallest absolute Gasteiger partial charge is 0.0491 e. The Kier molecular flexibility index (Phi) is 3.65. The van der Waals surface area contributed by atoms with Gasteiger partial charge < -0.3 is 14.8 Å². The second-order valence-corrected chi connectivity index (χ2v) is 6.46. The van der Waals surface area contributed by atoms with Crippen molar-refractivity contribution in [2.24, 2.45) is 7.05 Å². The van der Waals surface area contributed by atoms with Crippen LogP contribution in [-0.4, -0.2) is 42.2 Å². The Morgan fingerprint density at radius 1 is 1.37 bits per heavy atom. The van der Waals surface area contributed by atoms with E-state index in [1.54, 1.807) is 0 Å². The first kappa shape index (κ1) is 13.2. The maximum Gasteiger partial charge on any atom is 0.0491 e. The molecule has 0 amide bonds. The summed E-state index contributed by atoms with van der Waals surface area (Å²) in [5, 5.41) is 5.00. The summed E-state index contributed by atoms with van der Waals surface area (Å²) in [6.45, 7) is 3.38. The Hall–Kier alpha value is -0.840. The molecule has 102 valence electrons. The van der Waals surface area contributed by atoms with Gasteiger partial charge in [-0.25, -0.2) is 0 Å². The summed E-state index contributed by atoms with van der Waals surface area (Å²) in [6.07, 6.45) is 3.37. The fourth-order valence-electron chi connectivity index (χ4n) is 3.00. The summed E-state index contributed by atoms with van der Waals surface area (Å²) >= 11 is 3.55. The van der Waals surface area contributed by atoms with Crippen LogP contribution in [0.25, 0.3) is 10.9 Å². The van der Waals surface area contributed by atoms with Crippen LogP contribution >= 0.6 is 15.9 Å². The summed E-state index contributed by atoms with van der Waals surface area (Å²) in [5.74, 6) is 0. The monoisotopic (exact) mass is 321 g/mol. The third-order valence-corrected chi connectivity index (χ3v) is 4.45. The second kappa shape index (κ2) is 5.27. The largest absolute Gasteiger partial charge is 0.350 e. The van der Waals surface area contributed by atoms with Crippen LogP contribution in [0.1, 0.15) is 5.56 Å². The molecule has 19 heavy (non-hydrogen) atoms. The van der Waals surface area contributed by atoms with Crippen LogP contribution in [-0.2, 0) is 13.5 Å². The molecular formula is C15H20BrN3. The van der Waals surface area contributed by atoms with E-state index in [0.29, 0.717) is 6.04 Å². The maximum atomic E-state index is 3.62. The molecule has 1 saturated heterocycles. The van der Waals surface area contributed by atoms with Crippen LogP contribution < -0.4 is 5.32 Å². The zero-order valence-electron chi connectivity index (χ0n) is 11.5. The van der Waals surface area contributed by atoms with Gasteiger partial charge in [-0.2, -0.15) is 0 Å². The molecule has 0 bridgehead atoms. The fourth-order valence-corrected chi connectivity index (χ4v) is 3.35. The number of hydrogen-bond acceptors (Lipinski definition) is 2. The minimum atomic E-state index is 0.563. The van der Waals surface area contributed by atoms with E-state index in [1.165, 1.54) is 16.5 Å². The van der Waals surface area contributed by atoms with Gasteiger partial charge in [0.15, 0.2) is 0 Å². The van der Waals surface area contributed by atoms with E-state index in [2.05, 4.69) is 69.2 Å². The van der Waals surface area contributed by atoms with Gasteiger partial charge in [0.2, 0.25) is 0 Å². The quantitative estimate of drug-likeness (QED) is 0.916. The predicted molar refractivity (Wildman–Crippen MR) is 83.6 cm³/mol. The van der Waals surface area contributed by atoms with E-state index in [0.717, 1.165) is 30.5 Å². The summed E-state index contributed by atoms with van der Waals surface area (Å²) in [5.41, 5.74) is 2.74. The van der Waals surface area contributed by atoms with Crippen molar-refractivity contribution in [2.75, 3.05) is 26.7 Å². The van der Waals surface area contributed by atoms with E-state index in [-0.39, 0.29) is 0 Å². The zero-order chi connectivity index (χ0) is 13.4. The van der Waals surface area contributed by atoms with Gasteiger partial charge >= 0.3 is 0 Å². The van der Waals surface area contributed by atoms with Crippen molar-refractivity contribution in [1.82, 2.24) is 14.8 Å². The van der Waals surface area contributed by atoms with Crippen molar-refractivity contribution in [3.63, 3.8) is 0 Å².